The molecule has 21 heavy (non-hydrogen) atoms. The summed E-state index contributed by atoms with van der Waals surface area (Å²) in [5.74, 6) is -0.923. The number of halogens is 3. The summed E-state index contributed by atoms with van der Waals surface area (Å²) in [5.41, 5.74) is -0.421. The van der Waals surface area contributed by atoms with Crippen molar-refractivity contribution in [1.82, 2.24) is 4.98 Å². The Labute approximate surface area is 118 Å². The Morgan fingerprint density at radius 3 is 1.81 bits per heavy atom. The van der Waals surface area contributed by atoms with Gasteiger partial charge in [-0.15, -0.1) is 0 Å². The zero-order valence-corrected chi connectivity index (χ0v) is 10.7. The maximum Gasteiger partial charge on any atom is 0.416 e. The summed E-state index contributed by atoms with van der Waals surface area (Å²) in [6, 6.07) is 6.75. The molecule has 0 saturated carbocycles. The summed E-state index contributed by atoms with van der Waals surface area (Å²) in [6.07, 6.45) is -1.99. The number of carbonyl (C=O) groups excluding carboxylic acids is 2. The largest absolute Gasteiger partial charge is 0.416 e. The molecule has 6 heteroatoms. The van der Waals surface area contributed by atoms with Crippen LogP contribution in [-0.4, -0.2) is 16.6 Å². The van der Waals surface area contributed by atoms with Crippen molar-refractivity contribution in [3.8, 4) is 0 Å². The van der Waals surface area contributed by atoms with Gasteiger partial charge in [0.05, 0.1) is 12.0 Å². The number of ketones is 2. The van der Waals surface area contributed by atoms with Crippen molar-refractivity contribution in [2.24, 2.45) is 0 Å². The minimum absolute atomic E-state index is 0.0745. The van der Waals surface area contributed by atoms with Gasteiger partial charge in [-0.05, 0) is 24.3 Å². The van der Waals surface area contributed by atoms with Crippen LogP contribution in [0.4, 0.5) is 13.2 Å². The fourth-order valence-corrected chi connectivity index (χ4v) is 1.73. The summed E-state index contributed by atoms with van der Waals surface area (Å²) in [7, 11) is 0. The van der Waals surface area contributed by atoms with Crippen LogP contribution in [0.2, 0.25) is 0 Å². The van der Waals surface area contributed by atoms with Crippen molar-refractivity contribution in [2.75, 3.05) is 0 Å². The molecule has 2 rings (SSSR count). The average Bonchev–Trinajstić information content (AvgIpc) is 2.47. The predicted molar refractivity (Wildman–Crippen MR) is 69.0 cm³/mol. The Hall–Kier alpha value is -2.50. The molecular formula is C15H10F3NO2. The van der Waals surface area contributed by atoms with E-state index in [-0.39, 0.29) is 5.56 Å². The van der Waals surface area contributed by atoms with Gasteiger partial charge in [-0.2, -0.15) is 13.2 Å². The number of carbonyl (C=O) groups is 2. The van der Waals surface area contributed by atoms with Crippen molar-refractivity contribution in [3.63, 3.8) is 0 Å². The van der Waals surface area contributed by atoms with Crippen LogP contribution in [0.15, 0.2) is 48.8 Å². The quantitative estimate of drug-likeness (QED) is 0.639. The average molecular weight is 293 g/mol. The zero-order chi connectivity index (χ0) is 15.5. The van der Waals surface area contributed by atoms with Gasteiger partial charge in [0.15, 0.2) is 11.6 Å². The predicted octanol–water partition coefficient (Wildman–Crippen LogP) is 3.56. The second kappa shape index (κ2) is 5.87. The fourth-order valence-electron chi connectivity index (χ4n) is 1.73. The summed E-state index contributed by atoms with van der Waals surface area (Å²) in [5, 5.41) is 0. The Bertz CT molecular complexity index is 649. The van der Waals surface area contributed by atoms with Crippen LogP contribution in [0, 0.1) is 0 Å². The molecule has 0 spiro atoms. The minimum atomic E-state index is -4.45. The molecule has 108 valence electrons. The van der Waals surface area contributed by atoms with Crippen molar-refractivity contribution < 1.29 is 22.8 Å². The number of hydrogen-bond donors (Lipinski definition) is 0. The van der Waals surface area contributed by atoms with Crippen LogP contribution in [0.3, 0.4) is 0 Å². The van der Waals surface area contributed by atoms with E-state index in [1.165, 1.54) is 24.5 Å². The third-order valence-corrected chi connectivity index (χ3v) is 2.86. The molecule has 3 nitrogen and oxygen atoms in total. The maximum absolute atomic E-state index is 12.4. The molecule has 0 unspecified atom stereocenters. The topological polar surface area (TPSA) is 47.0 Å². The van der Waals surface area contributed by atoms with E-state index in [1.54, 1.807) is 0 Å². The number of Topliss-reactive ketones (excluding diaryl/α,β-unsaturated/α-hetero) is 2. The maximum atomic E-state index is 12.4. The highest BCUT2D eigenvalue weighted by atomic mass is 19.4. The number of pyridine rings is 1. The van der Waals surface area contributed by atoms with Crippen LogP contribution in [0.5, 0.6) is 0 Å². The Morgan fingerprint density at radius 1 is 0.857 bits per heavy atom. The molecule has 0 bridgehead atoms. The molecule has 0 fully saturated rings. The van der Waals surface area contributed by atoms with Crippen molar-refractivity contribution in [3.05, 3.63) is 65.5 Å². The van der Waals surface area contributed by atoms with Crippen LogP contribution in [0.1, 0.15) is 32.7 Å². The molecule has 0 aliphatic rings. The standard InChI is InChI=1S/C15H10F3NO2/c16-15(17,18)12-3-1-10(2-4-12)13(20)9-14(21)11-5-7-19-8-6-11/h1-8H,9H2. The van der Waals surface area contributed by atoms with Crippen LogP contribution in [0.25, 0.3) is 0 Å². The van der Waals surface area contributed by atoms with Gasteiger partial charge < -0.3 is 0 Å². The SMILES string of the molecule is O=C(CC(=O)c1ccc(C(F)(F)F)cc1)c1ccncc1. The molecule has 1 aromatic carbocycles. The Balaban J connectivity index is 2.09. The number of hydrogen-bond acceptors (Lipinski definition) is 3. The lowest BCUT2D eigenvalue weighted by Crippen LogP contribution is -2.10. The Kier molecular flexibility index (Phi) is 4.16. The Morgan fingerprint density at radius 2 is 1.33 bits per heavy atom. The van der Waals surface area contributed by atoms with Crippen molar-refractivity contribution in [1.29, 1.82) is 0 Å². The summed E-state index contributed by atoms with van der Waals surface area (Å²) in [4.78, 5) is 27.5. The molecule has 0 N–H and O–H groups in total. The number of benzene rings is 1. The van der Waals surface area contributed by atoms with Gasteiger partial charge in [-0.3, -0.25) is 14.6 Å². The summed E-state index contributed by atoms with van der Waals surface area (Å²) >= 11 is 0. The monoisotopic (exact) mass is 293 g/mol. The minimum Gasteiger partial charge on any atom is -0.294 e. The second-order valence-corrected chi connectivity index (χ2v) is 4.33. The van der Waals surface area contributed by atoms with E-state index < -0.39 is 29.7 Å². The van der Waals surface area contributed by atoms with Crippen LogP contribution >= 0.6 is 0 Å². The smallest absolute Gasteiger partial charge is 0.294 e. The molecule has 0 radical (unpaired) electrons. The molecule has 1 aromatic heterocycles. The van der Waals surface area contributed by atoms with Gasteiger partial charge in [-0.1, -0.05) is 12.1 Å². The number of alkyl halides is 3. The van der Waals surface area contributed by atoms with E-state index in [1.807, 2.05) is 0 Å². The number of nitrogens with zero attached hydrogens (tertiary/aromatic N) is 1. The third-order valence-electron chi connectivity index (χ3n) is 2.86. The highest BCUT2D eigenvalue weighted by Crippen LogP contribution is 2.29. The highest BCUT2D eigenvalue weighted by molar-refractivity contribution is 6.13. The molecule has 0 saturated heterocycles. The van der Waals surface area contributed by atoms with Crippen molar-refractivity contribution >= 4 is 11.6 Å². The number of rotatable bonds is 4. The van der Waals surface area contributed by atoms with E-state index in [2.05, 4.69) is 4.98 Å². The van der Waals surface area contributed by atoms with Gasteiger partial charge >= 0.3 is 6.18 Å². The van der Waals surface area contributed by atoms with E-state index in [0.717, 1.165) is 24.3 Å². The second-order valence-electron chi connectivity index (χ2n) is 4.33. The first-order chi connectivity index (χ1) is 9.88. The summed E-state index contributed by atoms with van der Waals surface area (Å²) < 4.78 is 37.2. The van der Waals surface area contributed by atoms with E-state index >= 15 is 0 Å². The molecular weight excluding hydrogens is 283 g/mol. The molecule has 0 amide bonds. The normalized spacial score (nSPS) is 11.2. The molecule has 0 aliphatic carbocycles. The van der Waals surface area contributed by atoms with Gasteiger partial charge in [0.1, 0.15) is 0 Å². The van der Waals surface area contributed by atoms with Crippen LogP contribution in [-0.2, 0) is 6.18 Å². The number of aromatic nitrogens is 1. The molecule has 0 aliphatic heterocycles. The lowest BCUT2D eigenvalue weighted by atomic mass is 10.0. The first-order valence-corrected chi connectivity index (χ1v) is 6.01. The van der Waals surface area contributed by atoms with Gasteiger partial charge in [0.25, 0.3) is 0 Å². The third kappa shape index (κ3) is 3.75. The first kappa shape index (κ1) is 14.9. The zero-order valence-electron chi connectivity index (χ0n) is 10.7. The van der Waals surface area contributed by atoms with Gasteiger partial charge in [0.2, 0.25) is 0 Å². The lowest BCUT2D eigenvalue weighted by molar-refractivity contribution is -0.137. The fraction of sp³-hybridized carbons (Fsp3) is 0.133. The highest BCUT2D eigenvalue weighted by Gasteiger charge is 2.30. The lowest BCUT2D eigenvalue weighted by Gasteiger charge is -2.07. The molecule has 2 aromatic rings. The van der Waals surface area contributed by atoms with Crippen molar-refractivity contribution in [2.45, 2.75) is 12.6 Å². The van der Waals surface area contributed by atoms with E-state index in [9.17, 15) is 22.8 Å². The van der Waals surface area contributed by atoms with E-state index in [4.69, 9.17) is 0 Å². The summed E-state index contributed by atoms with van der Waals surface area (Å²) in [6.45, 7) is 0. The molecule has 1 heterocycles. The van der Waals surface area contributed by atoms with Gasteiger partial charge in [-0.25, -0.2) is 0 Å². The van der Waals surface area contributed by atoms with Crippen LogP contribution < -0.4 is 0 Å². The van der Waals surface area contributed by atoms with Gasteiger partial charge in [0, 0.05) is 23.5 Å². The van der Waals surface area contributed by atoms with E-state index in [0.29, 0.717) is 5.56 Å². The molecule has 0 atom stereocenters. The first-order valence-electron chi connectivity index (χ1n) is 6.01.